The minimum Gasteiger partial charge on any atom is -0.506 e. The fourth-order valence-electron chi connectivity index (χ4n) is 2.47. The number of amides is 1. The van der Waals surface area contributed by atoms with Crippen LogP contribution in [0.25, 0.3) is 0 Å². The molecule has 0 spiro atoms. The zero-order valence-corrected chi connectivity index (χ0v) is 13.4. The zero-order chi connectivity index (χ0) is 16.7. The van der Waals surface area contributed by atoms with Crippen molar-refractivity contribution in [3.8, 4) is 5.75 Å². The van der Waals surface area contributed by atoms with Gasteiger partial charge in [-0.05, 0) is 39.3 Å². The highest BCUT2D eigenvalue weighted by Gasteiger charge is 2.39. The van der Waals surface area contributed by atoms with Gasteiger partial charge in [-0.15, -0.1) is 0 Å². The first-order valence-electron chi connectivity index (χ1n) is 6.94. The fourth-order valence-corrected chi connectivity index (χ4v) is 2.68. The van der Waals surface area contributed by atoms with Crippen LogP contribution in [0.15, 0.2) is 12.1 Å². The lowest BCUT2D eigenvalue weighted by atomic mass is 10.0. The highest BCUT2D eigenvalue weighted by atomic mass is 35.5. The predicted molar refractivity (Wildman–Crippen MR) is 79.4 cm³/mol. The van der Waals surface area contributed by atoms with Crippen molar-refractivity contribution >= 4 is 17.7 Å². The number of hydrogen-bond donors (Lipinski definition) is 2. The quantitative estimate of drug-likeness (QED) is 0.829. The van der Waals surface area contributed by atoms with Crippen LogP contribution in [0.4, 0.5) is 9.18 Å². The number of aliphatic hydroxyl groups is 1. The summed E-state index contributed by atoms with van der Waals surface area (Å²) in [5, 5.41) is 19.8. The molecule has 22 heavy (non-hydrogen) atoms. The molecule has 0 aliphatic carbocycles. The van der Waals surface area contributed by atoms with Crippen molar-refractivity contribution in [2.45, 2.75) is 44.9 Å². The first-order chi connectivity index (χ1) is 10.1. The van der Waals surface area contributed by atoms with E-state index in [0.29, 0.717) is 0 Å². The molecule has 5 nitrogen and oxygen atoms in total. The highest BCUT2D eigenvalue weighted by molar-refractivity contribution is 6.32. The third-order valence-corrected chi connectivity index (χ3v) is 3.61. The van der Waals surface area contributed by atoms with Crippen LogP contribution in [0.3, 0.4) is 0 Å². The number of rotatable bonds is 1. The third kappa shape index (κ3) is 3.62. The largest absolute Gasteiger partial charge is 0.506 e. The number of carbonyl (C=O) groups is 1. The van der Waals surface area contributed by atoms with Crippen LogP contribution in [0.5, 0.6) is 5.75 Å². The van der Waals surface area contributed by atoms with Crippen LogP contribution in [0.2, 0.25) is 5.02 Å². The summed E-state index contributed by atoms with van der Waals surface area (Å²) in [6, 6.07) is 1.41. The van der Waals surface area contributed by atoms with Crippen molar-refractivity contribution in [1.82, 2.24) is 4.90 Å². The topological polar surface area (TPSA) is 70.0 Å². The number of benzene rings is 1. The van der Waals surface area contributed by atoms with E-state index in [4.69, 9.17) is 16.3 Å². The lowest BCUT2D eigenvalue weighted by Crippen LogP contribution is -2.37. The van der Waals surface area contributed by atoms with Gasteiger partial charge in [-0.3, -0.25) is 4.90 Å². The van der Waals surface area contributed by atoms with Gasteiger partial charge in [0.15, 0.2) is 0 Å². The van der Waals surface area contributed by atoms with Gasteiger partial charge in [0.2, 0.25) is 0 Å². The van der Waals surface area contributed by atoms with E-state index in [1.807, 2.05) is 0 Å². The van der Waals surface area contributed by atoms with Gasteiger partial charge >= 0.3 is 6.09 Å². The number of ether oxygens (including phenoxy) is 1. The summed E-state index contributed by atoms with van der Waals surface area (Å²) >= 11 is 5.78. The normalized spacial score (nSPS) is 22.0. The smallest absolute Gasteiger partial charge is 0.410 e. The van der Waals surface area contributed by atoms with E-state index in [2.05, 4.69) is 0 Å². The SMILES string of the molecule is CC(C)(C)OC(=O)N1C[C@H](O)CC1c1cc(F)cc(Cl)c1O. The molecule has 1 heterocycles. The first-order valence-corrected chi connectivity index (χ1v) is 7.32. The Morgan fingerprint density at radius 1 is 1.45 bits per heavy atom. The van der Waals surface area contributed by atoms with E-state index in [1.54, 1.807) is 20.8 Å². The Hall–Kier alpha value is -1.53. The van der Waals surface area contributed by atoms with Crippen LogP contribution in [-0.4, -0.2) is 39.5 Å². The first kappa shape index (κ1) is 16.8. The highest BCUT2D eigenvalue weighted by Crippen LogP contribution is 2.41. The maximum absolute atomic E-state index is 13.6. The second-order valence-electron chi connectivity index (χ2n) is 6.36. The van der Waals surface area contributed by atoms with Crippen molar-refractivity contribution in [3.63, 3.8) is 0 Å². The summed E-state index contributed by atoms with van der Waals surface area (Å²) in [7, 11) is 0. The van der Waals surface area contributed by atoms with Crippen LogP contribution < -0.4 is 0 Å². The summed E-state index contributed by atoms with van der Waals surface area (Å²) in [6.45, 7) is 5.22. The predicted octanol–water partition coefficient (Wildman–Crippen LogP) is 3.23. The van der Waals surface area contributed by atoms with E-state index >= 15 is 0 Å². The minimum atomic E-state index is -0.779. The van der Waals surface area contributed by atoms with Gasteiger partial charge in [0.1, 0.15) is 17.2 Å². The molecule has 1 aromatic rings. The monoisotopic (exact) mass is 331 g/mol. The van der Waals surface area contributed by atoms with Crippen molar-refractivity contribution in [2.75, 3.05) is 6.54 Å². The molecule has 1 fully saturated rings. The van der Waals surface area contributed by atoms with Crippen LogP contribution in [0.1, 0.15) is 38.8 Å². The number of nitrogens with zero attached hydrogens (tertiary/aromatic N) is 1. The number of β-amino-alcohol motifs (C(OH)–C–C–N with tert-alkyl or cyclic N) is 1. The summed E-state index contributed by atoms with van der Waals surface area (Å²) in [5.41, 5.74) is -0.538. The van der Waals surface area contributed by atoms with E-state index in [0.717, 1.165) is 12.1 Å². The Kier molecular flexibility index (Phi) is 4.54. The van der Waals surface area contributed by atoms with Crippen molar-refractivity contribution in [3.05, 3.63) is 28.5 Å². The maximum atomic E-state index is 13.6. The molecule has 2 atom stereocenters. The lowest BCUT2D eigenvalue weighted by molar-refractivity contribution is 0.0205. The molecule has 0 saturated carbocycles. The maximum Gasteiger partial charge on any atom is 0.410 e. The molecule has 2 N–H and O–H groups in total. The average molecular weight is 332 g/mol. The fraction of sp³-hybridized carbons (Fsp3) is 0.533. The molecule has 2 rings (SSSR count). The molecule has 1 saturated heterocycles. The number of carbonyl (C=O) groups excluding carboxylic acids is 1. The Morgan fingerprint density at radius 2 is 2.09 bits per heavy atom. The Bertz CT molecular complexity index is 588. The number of hydrogen-bond acceptors (Lipinski definition) is 4. The molecule has 0 aromatic heterocycles. The Balaban J connectivity index is 2.34. The summed E-state index contributed by atoms with van der Waals surface area (Å²) in [6.07, 6.45) is -1.24. The average Bonchev–Trinajstić information content (AvgIpc) is 2.74. The molecular weight excluding hydrogens is 313 g/mol. The standard InChI is InChI=1S/C15H19ClFNO4/c1-15(2,3)22-14(21)18-7-9(19)6-12(18)10-4-8(17)5-11(16)13(10)20/h4-5,9,12,19-20H,6-7H2,1-3H3/t9-,12?/m1/s1. The number of phenolic OH excluding ortho intramolecular Hbond substituents is 1. The van der Waals surface area contributed by atoms with E-state index in [1.165, 1.54) is 4.90 Å². The van der Waals surface area contributed by atoms with Gasteiger partial charge in [-0.2, -0.15) is 0 Å². The molecule has 1 unspecified atom stereocenters. The van der Waals surface area contributed by atoms with E-state index < -0.39 is 29.7 Å². The summed E-state index contributed by atoms with van der Waals surface area (Å²) < 4.78 is 18.9. The molecule has 1 aliphatic heterocycles. The van der Waals surface area contributed by atoms with Crippen LogP contribution in [-0.2, 0) is 4.74 Å². The van der Waals surface area contributed by atoms with Gasteiger partial charge in [-0.1, -0.05) is 11.6 Å². The van der Waals surface area contributed by atoms with E-state index in [-0.39, 0.29) is 29.3 Å². The van der Waals surface area contributed by atoms with Crippen molar-refractivity contribution in [2.24, 2.45) is 0 Å². The van der Waals surface area contributed by atoms with Gasteiger partial charge < -0.3 is 14.9 Å². The summed E-state index contributed by atoms with van der Waals surface area (Å²) in [4.78, 5) is 13.5. The molecule has 1 aliphatic rings. The lowest BCUT2D eigenvalue weighted by Gasteiger charge is -2.29. The Labute approximate surface area is 133 Å². The molecule has 0 bridgehead atoms. The number of aliphatic hydroxyl groups excluding tert-OH is 1. The molecule has 0 radical (unpaired) electrons. The van der Waals surface area contributed by atoms with Crippen molar-refractivity contribution in [1.29, 1.82) is 0 Å². The van der Waals surface area contributed by atoms with Gasteiger partial charge in [0, 0.05) is 5.56 Å². The molecule has 1 amide bonds. The second kappa shape index (κ2) is 5.93. The van der Waals surface area contributed by atoms with Gasteiger partial charge in [0.25, 0.3) is 0 Å². The minimum absolute atomic E-state index is 0.0488. The molecular formula is C15H19ClFNO4. The summed E-state index contributed by atoms with van der Waals surface area (Å²) in [5.74, 6) is -0.918. The van der Waals surface area contributed by atoms with Crippen LogP contribution in [0, 0.1) is 5.82 Å². The molecule has 1 aromatic carbocycles. The van der Waals surface area contributed by atoms with Crippen molar-refractivity contribution < 1.29 is 24.1 Å². The molecule has 122 valence electrons. The van der Waals surface area contributed by atoms with E-state index in [9.17, 15) is 19.4 Å². The number of phenols is 1. The number of likely N-dealkylation sites (tertiary alicyclic amines) is 1. The molecule has 7 heteroatoms. The van der Waals surface area contributed by atoms with Gasteiger partial charge in [-0.25, -0.2) is 9.18 Å². The second-order valence-corrected chi connectivity index (χ2v) is 6.77. The zero-order valence-electron chi connectivity index (χ0n) is 12.6. The van der Waals surface area contributed by atoms with Crippen LogP contribution >= 0.6 is 11.6 Å². The number of aromatic hydroxyl groups is 1. The number of halogens is 2. The third-order valence-electron chi connectivity index (χ3n) is 3.32. The Morgan fingerprint density at radius 3 is 2.68 bits per heavy atom. The van der Waals surface area contributed by atoms with Gasteiger partial charge in [0.05, 0.1) is 23.7 Å².